The van der Waals surface area contributed by atoms with Gasteiger partial charge in [-0.15, -0.1) is 5.11 Å². The maximum atomic E-state index is 5.69. The molecular weight excluding hydrogens is 176 g/mol. The van der Waals surface area contributed by atoms with Gasteiger partial charge in [0, 0.05) is 6.42 Å². The van der Waals surface area contributed by atoms with E-state index in [0.29, 0.717) is 0 Å². The molecule has 3 heteroatoms. The van der Waals surface area contributed by atoms with Crippen LogP contribution in [0.1, 0.15) is 19.3 Å². The molecule has 1 heterocycles. The number of hydrogen-bond donors (Lipinski definition) is 0. The number of nitrogens with zero attached hydrogens (tertiary/aromatic N) is 2. The van der Waals surface area contributed by atoms with Gasteiger partial charge in [-0.1, -0.05) is 18.2 Å². The molecule has 1 aliphatic heterocycles. The number of azo groups is 1. The zero-order valence-corrected chi connectivity index (χ0v) is 7.89. The molecule has 14 heavy (non-hydrogen) atoms. The van der Waals surface area contributed by atoms with E-state index in [9.17, 15) is 0 Å². The van der Waals surface area contributed by atoms with E-state index in [1.165, 1.54) is 12.8 Å². The minimum absolute atomic E-state index is 0.0556. The van der Waals surface area contributed by atoms with E-state index in [2.05, 4.69) is 10.2 Å². The first-order chi connectivity index (χ1) is 6.86. The fraction of sp³-hybridized carbons (Fsp3) is 0.455. The van der Waals surface area contributed by atoms with Gasteiger partial charge >= 0.3 is 0 Å². The molecular formula is C11H12N2O. The molecule has 1 atom stereocenters. The monoisotopic (exact) mass is 188 g/mol. The van der Waals surface area contributed by atoms with Gasteiger partial charge in [-0.25, -0.2) is 0 Å². The lowest BCUT2D eigenvalue weighted by Gasteiger charge is -2.09. The van der Waals surface area contributed by atoms with Gasteiger partial charge in [-0.2, -0.15) is 5.11 Å². The van der Waals surface area contributed by atoms with Crippen LogP contribution < -0.4 is 4.74 Å². The van der Waals surface area contributed by atoms with Crippen molar-refractivity contribution in [3.05, 3.63) is 30.3 Å². The highest BCUT2D eigenvalue weighted by molar-refractivity contribution is 5.21. The summed E-state index contributed by atoms with van der Waals surface area (Å²) in [5.74, 6) is 0.883. The molecule has 0 aromatic heterocycles. The largest absolute Gasteiger partial charge is 0.467 e. The quantitative estimate of drug-likeness (QED) is 0.702. The molecule has 0 amide bonds. The van der Waals surface area contributed by atoms with Crippen molar-refractivity contribution < 1.29 is 4.74 Å². The van der Waals surface area contributed by atoms with Gasteiger partial charge in [-0.05, 0) is 25.0 Å². The molecule has 1 aromatic carbocycles. The second kappa shape index (κ2) is 2.80. The second-order valence-electron chi connectivity index (χ2n) is 4.03. The molecule has 3 nitrogen and oxygen atoms in total. The molecule has 72 valence electrons. The SMILES string of the molecule is c1ccc(OC2CC3(CC3)N=N2)cc1. The average molecular weight is 188 g/mol. The molecule has 1 aliphatic carbocycles. The van der Waals surface area contributed by atoms with E-state index in [0.717, 1.165) is 12.2 Å². The normalized spacial score (nSPS) is 26.7. The predicted molar refractivity (Wildman–Crippen MR) is 52.3 cm³/mol. The first-order valence-corrected chi connectivity index (χ1v) is 5.00. The van der Waals surface area contributed by atoms with Crippen LogP contribution in [-0.2, 0) is 0 Å². The Morgan fingerprint density at radius 3 is 2.64 bits per heavy atom. The molecule has 3 rings (SSSR count). The van der Waals surface area contributed by atoms with Crippen molar-refractivity contribution in [2.75, 3.05) is 0 Å². The van der Waals surface area contributed by atoms with Crippen LogP contribution in [0.15, 0.2) is 40.6 Å². The molecule has 1 unspecified atom stereocenters. The van der Waals surface area contributed by atoms with Crippen molar-refractivity contribution in [2.24, 2.45) is 10.2 Å². The lowest BCUT2D eigenvalue weighted by Crippen LogP contribution is -2.14. The Kier molecular flexibility index (Phi) is 1.60. The minimum Gasteiger partial charge on any atom is -0.467 e. The molecule has 1 aromatic rings. The fourth-order valence-corrected chi connectivity index (χ4v) is 1.76. The average Bonchev–Trinajstić information content (AvgIpc) is 2.84. The first kappa shape index (κ1) is 7.97. The number of rotatable bonds is 2. The lowest BCUT2D eigenvalue weighted by atomic mass is 10.2. The Morgan fingerprint density at radius 1 is 1.21 bits per heavy atom. The summed E-state index contributed by atoms with van der Waals surface area (Å²) in [6.45, 7) is 0. The van der Waals surface area contributed by atoms with E-state index in [-0.39, 0.29) is 11.8 Å². The number of ether oxygens (including phenoxy) is 1. The van der Waals surface area contributed by atoms with Crippen LogP contribution in [-0.4, -0.2) is 11.8 Å². The first-order valence-electron chi connectivity index (χ1n) is 5.00. The summed E-state index contributed by atoms with van der Waals surface area (Å²) in [6, 6.07) is 9.81. The van der Waals surface area contributed by atoms with Crippen LogP contribution in [0.4, 0.5) is 0 Å². The van der Waals surface area contributed by atoms with Crippen molar-refractivity contribution >= 4 is 0 Å². The third-order valence-electron chi connectivity index (χ3n) is 2.80. The van der Waals surface area contributed by atoms with Gasteiger partial charge in [0.15, 0.2) is 0 Å². The summed E-state index contributed by atoms with van der Waals surface area (Å²) >= 11 is 0. The summed E-state index contributed by atoms with van der Waals surface area (Å²) in [6.07, 6.45) is 3.28. The highest BCUT2D eigenvalue weighted by atomic mass is 16.5. The summed E-state index contributed by atoms with van der Waals surface area (Å²) in [7, 11) is 0. The van der Waals surface area contributed by atoms with Gasteiger partial charge in [0.1, 0.15) is 5.75 Å². The Labute approximate surface area is 82.8 Å². The third-order valence-corrected chi connectivity index (χ3v) is 2.80. The number of benzene rings is 1. The molecule has 1 saturated carbocycles. The highest BCUT2D eigenvalue weighted by Crippen LogP contribution is 2.48. The van der Waals surface area contributed by atoms with E-state index >= 15 is 0 Å². The smallest absolute Gasteiger partial charge is 0.211 e. The van der Waals surface area contributed by atoms with Crippen molar-refractivity contribution in [3.63, 3.8) is 0 Å². The highest BCUT2D eigenvalue weighted by Gasteiger charge is 2.49. The summed E-state index contributed by atoms with van der Waals surface area (Å²) in [5, 5.41) is 8.41. The Morgan fingerprint density at radius 2 is 2.00 bits per heavy atom. The summed E-state index contributed by atoms with van der Waals surface area (Å²) < 4.78 is 5.69. The predicted octanol–water partition coefficient (Wildman–Crippen LogP) is 2.78. The van der Waals surface area contributed by atoms with E-state index < -0.39 is 0 Å². The van der Waals surface area contributed by atoms with Crippen LogP contribution in [0.2, 0.25) is 0 Å². The molecule has 2 aliphatic rings. The summed E-state index contributed by atoms with van der Waals surface area (Å²) in [5.41, 5.74) is 0.180. The zero-order chi connectivity index (χ0) is 9.43. The Bertz CT molecular complexity index is 357. The number of hydrogen-bond acceptors (Lipinski definition) is 3. The molecule has 1 fully saturated rings. The Balaban J connectivity index is 1.67. The van der Waals surface area contributed by atoms with E-state index in [4.69, 9.17) is 4.74 Å². The molecule has 0 saturated heterocycles. The van der Waals surface area contributed by atoms with Gasteiger partial charge < -0.3 is 4.74 Å². The minimum atomic E-state index is -0.0556. The third kappa shape index (κ3) is 1.39. The topological polar surface area (TPSA) is 34.0 Å². The van der Waals surface area contributed by atoms with Crippen LogP contribution in [0.5, 0.6) is 5.75 Å². The molecule has 0 bridgehead atoms. The second-order valence-corrected chi connectivity index (χ2v) is 4.03. The van der Waals surface area contributed by atoms with Crippen LogP contribution >= 0.6 is 0 Å². The number of para-hydroxylation sites is 1. The molecule has 1 spiro atoms. The van der Waals surface area contributed by atoms with Crippen molar-refractivity contribution in [1.29, 1.82) is 0 Å². The van der Waals surface area contributed by atoms with Gasteiger partial charge in [0.2, 0.25) is 6.23 Å². The Hall–Kier alpha value is -1.38. The fourth-order valence-electron chi connectivity index (χ4n) is 1.76. The van der Waals surface area contributed by atoms with Crippen LogP contribution in [0.3, 0.4) is 0 Å². The van der Waals surface area contributed by atoms with Gasteiger partial charge in [-0.3, -0.25) is 0 Å². The standard InChI is InChI=1S/C11H12N2O/c1-2-4-9(5-3-1)14-10-8-11(6-7-11)13-12-10/h1-5,10H,6-8H2. The van der Waals surface area contributed by atoms with E-state index in [1.54, 1.807) is 0 Å². The van der Waals surface area contributed by atoms with E-state index in [1.807, 2.05) is 30.3 Å². The van der Waals surface area contributed by atoms with Gasteiger partial charge in [0.25, 0.3) is 0 Å². The summed E-state index contributed by atoms with van der Waals surface area (Å²) in [4.78, 5) is 0. The van der Waals surface area contributed by atoms with Crippen molar-refractivity contribution in [3.8, 4) is 5.75 Å². The maximum absolute atomic E-state index is 5.69. The van der Waals surface area contributed by atoms with Gasteiger partial charge in [0.05, 0.1) is 5.54 Å². The van der Waals surface area contributed by atoms with Crippen molar-refractivity contribution in [1.82, 2.24) is 0 Å². The lowest BCUT2D eigenvalue weighted by molar-refractivity contribution is 0.207. The van der Waals surface area contributed by atoms with Crippen LogP contribution in [0.25, 0.3) is 0 Å². The van der Waals surface area contributed by atoms with Crippen LogP contribution in [0, 0.1) is 0 Å². The maximum Gasteiger partial charge on any atom is 0.211 e. The van der Waals surface area contributed by atoms with Crippen molar-refractivity contribution in [2.45, 2.75) is 31.0 Å². The molecule has 0 radical (unpaired) electrons. The zero-order valence-electron chi connectivity index (χ0n) is 7.89. The molecule has 0 N–H and O–H groups in total.